The molecule has 2 aliphatic heterocycles. The minimum Gasteiger partial charge on any atom is -0.381 e. The van der Waals surface area contributed by atoms with Crippen molar-refractivity contribution < 1.29 is 4.74 Å². The van der Waals surface area contributed by atoms with Gasteiger partial charge in [-0.3, -0.25) is 0 Å². The summed E-state index contributed by atoms with van der Waals surface area (Å²) < 4.78 is 5.39. The standard InChI is InChI=1S/C11H22N2O/c1-12-10-2-6-13(7-3-10)11-4-8-14-9-5-11/h10-12H,2-9H2,1H3. The third-order valence-corrected chi connectivity index (χ3v) is 3.65. The lowest BCUT2D eigenvalue weighted by atomic mass is 10.00. The smallest absolute Gasteiger partial charge is 0.0480 e. The Kier molecular flexibility index (Phi) is 3.79. The van der Waals surface area contributed by atoms with Crippen molar-refractivity contribution in [1.29, 1.82) is 0 Å². The van der Waals surface area contributed by atoms with Crippen LogP contribution in [0, 0.1) is 0 Å². The van der Waals surface area contributed by atoms with Gasteiger partial charge < -0.3 is 15.0 Å². The first-order valence-electron chi connectivity index (χ1n) is 5.89. The van der Waals surface area contributed by atoms with E-state index in [4.69, 9.17) is 4.74 Å². The third-order valence-electron chi connectivity index (χ3n) is 3.65. The SMILES string of the molecule is CNC1CCN(C2CCOCC2)CC1. The summed E-state index contributed by atoms with van der Waals surface area (Å²) in [5, 5.41) is 3.38. The first kappa shape index (κ1) is 10.4. The predicted octanol–water partition coefficient (Wildman–Crippen LogP) is 0.849. The zero-order valence-corrected chi connectivity index (χ0v) is 9.17. The average Bonchev–Trinajstić information content (AvgIpc) is 2.30. The molecule has 3 heteroatoms. The molecule has 82 valence electrons. The number of nitrogens with zero attached hydrogens (tertiary/aromatic N) is 1. The van der Waals surface area contributed by atoms with E-state index in [0.29, 0.717) is 0 Å². The Labute approximate surface area is 86.8 Å². The minimum absolute atomic E-state index is 0.756. The highest BCUT2D eigenvalue weighted by molar-refractivity contribution is 4.82. The maximum absolute atomic E-state index is 5.39. The van der Waals surface area contributed by atoms with Crippen LogP contribution in [0.5, 0.6) is 0 Å². The van der Waals surface area contributed by atoms with Crippen LogP contribution in [-0.4, -0.2) is 50.3 Å². The third kappa shape index (κ3) is 2.47. The molecule has 0 aromatic rings. The predicted molar refractivity (Wildman–Crippen MR) is 57.5 cm³/mol. The fourth-order valence-electron chi connectivity index (χ4n) is 2.60. The molecule has 0 unspecified atom stereocenters. The summed E-state index contributed by atoms with van der Waals surface area (Å²) in [4.78, 5) is 2.66. The second-order valence-electron chi connectivity index (χ2n) is 4.44. The van der Waals surface area contributed by atoms with Crippen LogP contribution in [0.2, 0.25) is 0 Å². The normalized spacial score (nSPS) is 28.1. The quantitative estimate of drug-likeness (QED) is 0.712. The zero-order chi connectivity index (χ0) is 9.80. The van der Waals surface area contributed by atoms with Crippen molar-refractivity contribution >= 4 is 0 Å². The average molecular weight is 198 g/mol. The summed E-state index contributed by atoms with van der Waals surface area (Å²) in [7, 11) is 2.08. The van der Waals surface area contributed by atoms with E-state index < -0.39 is 0 Å². The van der Waals surface area contributed by atoms with Crippen LogP contribution in [-0.2, 0) is 4.74 Å². The summed E-state index contributed by atoms with van der Waals surface area (Å²) in [6, 6.07) is 1.56. The van der Waals surface area contributed by atoms with Gasteiger partial charge >= 0.3 is 0 Å². The molecule has 2 fully saturated rings. The largest absolute Gasteiger partial charge is 0.381 e. The van der Waals surface area contributed by atoms with E-state index >= 15 is 0 Å². The van der Waals surface area contributed by atoms with Crippen molar-refractivity contribution in [3.63, 3.8) is 0 Å². The van der Waals surface area contributed by atoms with Gasteiger partial charge in [-0.1, -0.05) is 0 Å². The van der Waals surface area contributed by atoms with Gasteiger partial charge in [0, 0.05) is 25.3 Å². The summed E-state index contributed by atoms with van der Waals surface area (Å²) in [5.41, 5.74) is 0. The van der Waals surface area contributed by atoms with Crippen molar-refractivity contribution in [1.82, 2.24) is 10.2 Å². The number of hydrogen-bond donors (Lipinski definition) is 1. The molecule has 0 bridgehead atoms. The van der Waals surface area contributed by atoms with Gasteiger partial charge in [0.15, 0.2) is 0 Å². The van der Waals surface area contributed by atoms with Crippen molar-refractivity contribution in [2.75, 3.05) is 33.4 Å². The Hall–Kier alpha value is -0.120. The van der Waals surface area contributed by atoms with E-state index in [1.807, 2.05) is 0 Å². The van der Waals surface area contributed by atoms with Crippen molar-refractivity contribution in [2.45, 2.75) is 37.8 Å². The highest BCUT2D eigenvalue weighted by Crippen LogP contribution is 2.19. The fraction of sp³-hybridized carbons (Fsp3) is 1.00. The molecule has 1 N–H and O–H groups in total. The van der Waals surface area contributed by atoms with Crippen LogP contribution in [0.4, 0.5) is 0 Å². The Morgan fingerprint density at radius 2 is 1.71 bits per heavy atom. The molecule has 0 spiro atoms. The molecular formula is C11H22N2O. The lowest BCUT2D eigenvalue weighted by Gasteiger charge is -2.39. The maximum atomic E-state index is 5.39. The Bertz CT molecular complexity index is 161. The van der Waals surface area contributed by atoms with E-state index in [0.717, 1.165) is 25.3 Å². The van der Waals surface area contributed by atoms with Gasteiger partial charge in [-0.2, -0.15) is 0 Å². The number of nitrogens with one attached hydrogen (secondary N) is 1. The first-order chi connectivity index (χ1) is 6.90. The number of likely N-dealkylation sites (tertiary alicyclic amines) is 1. The van der Waals surface area contributed by atoms with Gasteiger partial charge in [0.2, 0.25) is 0 Å². The highest BCUT2D eigenvalue weighted by atomic mass is 16.5. The number of rotatable bonds is 2. The second-order valence-corrected chi connectivity index (χ2v) is 4.44. The van der Waals surface area contributed by atoms with Crippen LogP contribution >= 0.6 is 0 Å². The molecule has 0 saturated carbocycles. The lowest BCUT2D eigenvalue weighted by Crippen LogP contribution is -2.47. The van der Waals surface area contributed by atoms with E-state index in [1.165, 1.54) is 38.8 Å². The van der Waals surface area contributed by atoms with Gasteiger partial charge in [-0.15, -0.1) is 0 Å². The second kappa shape index (κ2) is 5.10. The lowest BCUT2D eigenvalue weighted by molar-refractivity contribution is 0.0242. The van der Waals surface area contributed by atoms with Crippen LogP contribution in [0.25, 0.3) is 0 Å². The van der Waals surface area contributed by atoms with Gasteiger partial charge in [-0.25, -0.2) is 0 Å². The summed E-state index contributed by atoms with van der Waals surface area (Å²) in [6.07, 6.45) is 5.11. The van der Waals surface area contributed by atoms with Gasteiger partial charge in [0.05, 0.1) is 0 Å². The zero-order valence-electron chi connectivity index (χ0n) is 9.17. The fourth-order valence-corrected chi connectivity index (χ4v) is 2.60. The highest BCUT2D eigenvalue weighted by Gasteiger charge is 2.25. The molecule has 0 atom stereocenters. The molecule has 0 aromatic heterocycles. The first-order valence-corrected chi connectivity index (χ1v) is 5.89. The van der Waals surface area contributed by atoms with Crippen molar-refractivity contribution in [3.8, 4) is 0 Å². The Balaban J connectivity index is 1.76. The van der Waals surface area contributed by atoms with Gasteiger partial charge in [0.25, 0.3) is 0 Å². The number of piperidine rings is 1. The maximum Gasteiger partial charge on any atom is 0.0480 e. The molecule has 2 aliphatic rings. The summed E-state index contributed by atoms with van der Waals surface area (Å²) in [5.74, 6) is 0. The number of hydrogen-bond acceptors (Lipinski definition) is 3. The molecule has 2 heterocycles. The molecule has 2 saturated heterocycles. The van der Waals surface area contributed by atoms with Crippen molar-refractivity contribution in [2.24, 2.45) is 0 Å². The van der Waals surface area contributed by atoms with Gasteiger partial charge in [-0.05, 0) is 45.8 Å². The molecule has 14 heavy (non-hydrogen) atoms. The van der Waals surface area contributed by atoms with Gasteiger partial charge in [0.1, 0.15) is 0 Å². The Morgan fingerprint density at radius 1 is 1.07 bits per heavy atom. The molecule has 0 radical (unpaired) electrons. The molecular weight excluding hydrogens is 176 g/mol. The van der Waals surface area contributed by atoms with E-state index in [2.05, 4.69) is 17.3 Å². The summed E-state index contributed by atoms with van der Waals surface area (Å²) >= 11 is 0. The number of ether oxygens (including phenoxy) is 1. The minimum atomic E-state index is 0.756. The molecule has 0 amide bonds. The van der Waals surface area contributed by atoms with Crippen LogP contribution in [0.1, 0.15) is 25.7 Å². The molecule has 0 aromatic carbocycles. The molecule has 0 aliphatic carbocycles. The monoisotopic (exact) mass is 198 g/mol. The van der Waals surface area contributed by atoms with E-state index in [1.54, 1.807) is 0 Å². The Morgan fingerprint density at radius 3 is 2.29 bits per heavy atom. The molecule has 2 rings (SSSR count). The molecule has 3 nitrogen and oxygen atoms in total. The van der Waals surface area contributed by atoms with Crippen LogP contribution < -0.4 is 5.32 Å². The topological polar surface area (TPSA) is 24.5 Å². The van der Waals surface area contributed by atoms with Crippen LogP contribution in [0.3, 0.4) is 0 Å². The van der Waals surface area contributed by atoms with E-state index in [-0.39, 0.29) is 0 Å². The van der Waals surface area contributed by atoms with E-state index in [9.17, 15) is 0 Å². The van der Waals surface area contributed by atoms with Crippen molar-refractivity contribution in [3.05, 3.63) is 0 Å². The summed E-state index contributed by atoms with van der Waals surface area (Å²) in [6.45, 7) is 4.49. The van der Waals surface area contributed by atoms with Crippen LogP contribution in [0.15, 0.2) is 0 Å².